The first kappa shape index (κ1) is 20.6. The Morgan fingerprint density at radius 3 is 2.04 bits per heavy atom. The monoisotopic (exact) mass is 501 g/mol. The number of nitrogens with one attached hydrogen (secondary N) is 1. The fraction of sp³-hybridized carbons (Fsp3) is 0.176. The number of carbonyl (C=O) groups excluding carboxylic acids is 1. The Morgan fingerprint density at radius 2 is 1.54 bits per heavy atom. The predicted octanol–water partition coefficient (Wildman–Crippen LogP) is 3.52. The molecule has 1 N–H and O–H groups in total. The van der Waals surface area contributed by atoms with E-state index < -0.39 is 15.9 Å². The van der Waals surface area contributed by atoms with Crippen molar-refractivity contribution in [2.75, 3.05) is 17.1 Å². The number of amides is 1. The van der Waals surface area contributed by atoms with Gasteiger partial charge >= 0.3 is 0 Å². The molecule has 0 saturated carbocycles. The van der Waals surface area contributed by atoms with Crippen molar-refractivity contribution < 1.29 is 13.2 Å². The molecular weight excluding hydrogens is 486 g/mol. The van der Waals surface area contributed by atoms with Crippen LogP contribution in [0, 0.1) is 0 Å². The van der Waals surface area contributed by atoms with E-state index in [2.05, 4.69) is 42.4 Å². The van der Waals surface area contributed by atoms with Crippen molar-refractivity contribution in [3.8, 4) is 0 Å². The van der Waals surface area contributed by atoms with Gasteiger partial charge in [0.15, 0.2) is 0 Å². The molecule has 6 nitrogen and oxygen atoms in total. The smallest absolute Gasteiger partial charge is 0.260 e. The summed E-state index contributed by atoms with van der Waals surface area (Å²) in [5.41, 5.74) is 4.26. The van der Waals surface area contributed by atoms with E-state index >= 15 is 0 Å². The highest BCUT2D eigenvalue weighted by atomic mass is 79.9. The first-order valence-corrected chi connectivity index (χ1v) is 10.9. The maximum atomic E-state index is 12.2. The van der Waals surface area contributed by atoms with Gasteiger partial charge in [-0.1, -0.05) is 44.0 Å². The van der Waals surface area contributed by atoms with Gasteiger partial charge in [-0.25, -0.2) is 13.8 Å². The van der Waals surface area contributed by atoms with Crippen LogP contribution in [0.1, 0.15) is 12.5 Å². The van der Waals surface area contributed by atoms with Gasteiger partial charge in [0.1, 0.15) is 6.54 Å². The topological polar surface area (TPSA) is 78.8 Å². The normalized spacial score (nSPS) is 11.9. The van der Waals surface area contributed by atoms with Crippen LogP contribution in [0.25, 0.3) is 0 Å². The highest BCUT2D eigenvalue weighted by Crippen LogP contribution is 2.20. The maximum absolute atomic E-state index is 12.2. The lowest BCUT2D eigenvalue weighted by molar-refractivity contribution is -0.119. The van der Waals surface area contributed by atoms with Gasteiger partial charge in [0.25, 0.3) is 5.91 Å². The van der Waals surface area contributed by atoms with Crippen molar-refractivity contribution in [2.45, 2.75) is 6.92 Å². The van der Waals surface area contributed by atoms with E-state index in [1.807, 2.05) is 24.3 Å². The highest BCUT2D eigenvalue weighted by Gasteiger charge is 2.20. The number of nitrogens with zero attached hydrogens (tertiary/aromatic N) is 2. The molecule has 2 aromatic carbocycles. The summed E-state index contributed by atoms with van der Waals surface area (Å²) >= 11 is 6.65. The van der Waals surface area contributed by atoms with Gasteiger partial charge < -0.3 is 0 Å². The summed E-state index contributed by atoms with van der Waals surface area (Å²) in [6, 6.07) is 14.1. The van der Waals surface area contributed by atoms with Crippen molar-refractivity contribution in [2.24, 2.45) is 5.10 Å². The number of hydrazone groups is 1. The second-order valence-electron chi connectivity index (χ2n) is 5.49. The van der Waals surface area contributed by atoms with Crippen LogP contribution in [-0.2, 0) is 14.8 Å². The number of hydrogen-bond donors (Lipinski definition) is 1. The third kappa shape index (κ3) is 5.93. The Labute approximate surface area is 169 Å². The number of sulfonamides is 1. The van der Waals surface area contributed by atoms with E-state index in [1.54, 1.807) is 31.2 Å². The van der Waals surface area contributed by atoms with Gasteiger partial charge in [0.2, 0.25) is 10.0 Å². The minimum absolute atomic E-state index is 0.364. The van der Waals surface area contributed by atoms with E-state index in [4.69, 9.17) is 0 Å². The van der Waals surface area contributed by atoms with Crippen molar-refractivity contribution in [3.63, 3.8) is 0 Å². The molecule has 0 aliphatic heterocycles. The third-order valence-electron chi connectivity index (χ3n) is 3.41. The average molecular weight is 503 g/mol. The average Bonchev–Trinajstić information content (AvgIpc) is 2.58. The number of benzene rings is 2. The number of hydrogen-bond acceptors (Lipinski definition) is 4. The van der Waals surface area contributed by atoms with Crippen LogP contribution in [0.3, 0.4) is 0 Å². The molecule has 2 rings (SSSR count). The Hall–Kier alpha value is -1.71. The van der Waals surface area contributed by atoms with E-state index in [0.29, 0.717) is 11.4 Å². The summed E-state index contributed by atoms with van der Waals surface area (Å²) in [5.74, 6) is -0.533. The van der Waals surface area contributed by atoms with Crippen LogP contribution in [0.2, 0.25) is 0 Å². The predicted molar refractivity (Wildman–Crippen MR) is 111 cm³/mol. The van der Waals surface area contributed by atoms with E-state index in [1.165, 1.54) is 0 Å². The number of halogens is 2. The molecule has 9 heteroatoms. The summed E-state index contributed by atoms with van der Waals surface area (Å²) in [6.45, 7) is 1.39. The molecular formula is C17H17Br2N3O3S. The van der Waals surface area contributed by atoms with E-state index in [-0.39, 0.29) is 6.54 Å². The molecule has 0 bridgehead atoms. The van der Waals surface area contributed by atoms with Gasteiger partial charge in [-0.2, -0.15) is 5.10 Å². The van der Waals surface area contributed by atoms with Gasteiger partial charge in [-0.3, -0.25) is 9.10 Å². The molecule has 26 heavy (non-hydrogen) atoms. The molecule has 0 aromatic heterocycles. The molecule has 138 valence electrons. The molecule has 0 radical (unpaired) electrons. The molecule has 0 aliphatic rings. The molecule has 1 amide bonds. The molecule has 2 aromatic rings. The van der Waals surface area contributed by atoms with E-state index in [0.717, 1.165) is 25.1 Å². The Balaban J connectivity index is 2.11. The molecule has 0 saturated heterocycles. The Kier molecular flexibility index (Phi) is 6.96. The second-order valence-corrected chi connectivity index (χ2v) is 9.22. The summed E-state index contributed by atoms with van der Waals surface area (Å²) in [4.78, 5) is 12.2. The minimum Gasteiger partial charge on any atom is -0.271 e. The number of anilines is 1. The number of carbonyl (C=O) groups is 1. The zero-order valence-electron chi connectivity index (χ0n) is 14.1. The Bertz CT molecular complexity index is 911. The van der Waals surface area contributed by atoms with Crippen LogP contribution in [0.5, 0.6) is 0 Å². The lowest BCUT2D eigenvalue weighted by Crippen LogP contribution is -2.39. The van der Waals surface area contributed by atoms with Crippen LogP contribution in [-0.4, -0.2) is 32.8 Å². The molecule has 0 heterocycles. The molecule has 0 atom stereocenters. The van der Waals surface area contributed by atoms with Crippen molar-refractivity contribution >= 4 is 59.2 Å². The molecule has 0 fully saturated rings. The van der Waals surface area contributed by atoms with Crippen LogP contribution in [0.15, 0.2) is 62.6 Å². The van der Waals surface area contributed by atoms with Crippen LogP contribution >= 0.6 is 31.9 Å². The third-order valence-corrected chi connectivity index (χ3v) is 5.61. The summed E-state index contributed by atoms with van der Waals surface area (Å²) in [5, 5.41) is 4.04. The zero-order chi connectivity index (χ0) is 19.3. The van der Waals surface area contributed by atoms with Gasteiger partial charge in [0, 0.05) is 8.95 Å². The highest BCUT2D eigenvalue weighted by molar-refractivity contribution is 9.10. The minimum atomic E-state index is -3.62. The van der Waals surface area contributed by atoms with Crippen molar-refractivity contribution in [3.05, 3.63) is 63.0 Å². The van der Waals surface area contributed by atoms with Gasteiger partial charge in [-0.15, -0.1) is 0 Å². The summed E-state index contributed by atoms with van der Waals surface area (Å²) in [6.07, 6.45) is 1.05. The fourth-order valence-electron chi connectivity index (χ4n) is 2.08. The number of rotatable bonds is 6. The lowest BCUT2D eigenvalue weighted by atomic mass is 10.1. The van der Waals surface area contributed by atoms with Crippen molar-refractivity contribution in [1.29, 1.82) is 0 Å². The van der Waals surface area contributed by atoms with Crippen LogP contribution in [0.4, 0.5) is 5.69 Å². The standard InChI is InChI=1S/C17H17Br2N3O3S/c1-12(13-3-5-14(18)6-4-13)20-21-17(23)11-22(26(2,24)25)16-9-7-15(19)8-10-16/h3-10H,11H2,1-2H3,(H,21,23)/b20-12-. The quantitative estimate of drug-likeness (QED) is 0.484. The lowest BCUT2D eigenvalue weighted by Gasteiger charge is -2.21. The summed E-state index contributed by atoms with van der Waals surface area (Å²) < 4.78 is 26.9. The largest absolute Gasteiger partial charge is 0.271 e. The van der Waals surface area contributed by atoms with Crippen LogP contribution < -0.4 is 9.73 Å². The fourth-order valence-corrected chi connectivity index (χ4v) is 3.46. The van der Waals surface area contributed by atoms with Crippen molar-refractivity contribution in [1.82, 2.24) is 5.43 Å². The van der Waals surface area contributed by atoms with E-state index in [9.17, 15) is 13.2 Å². The molecule has 0 spiro atoms. The molecule has 0 aliphatic carbocycles. The Morgan fingerprint density at radius 1 is 1.04 bits per heavy atom. The second kappa shape index (κ2) is 8.79. The molecule has 0 unspecified atom stereocenters. The maximum Gasteiger partial charge on any atom is 0.260 e. The first-order chi connectivity index (χ1) is 12.2. The first-order valence-electron chi connectivity index (χ1n) is 7.49. The van der Waals surface area contributed by atoms with Gasteiger partial charge in [-0.05, 0) is 48.9 Å². The van der Waals surface area contributed by atoms with Gasteiger partial charge in [0.05, 0.1) is 17.7 Å². The SMILES string of the molecule is C/C(=N/NC(=O)CN(c1ccc(Br)cc1)S(C)(=O)=O)c1ccc(Br)cc1. The zero-order valence-corrected chi connectivity index (χ0v) is 18.1. The summed E-state index contributed by atoms with van der Waals surface area (Å²) in [7, 11) is -3.62.